The van der Waals surface area contributed by atoms with Crippen molar-refractivity contribution in [2.45, 2.75) is 25.4 Å². The standard InChI is InChI=1S/C12H15N5S/c1-2-9(13-3-1)11-12(16-5-4-15-11)17-8-10-14-6-7-18-10/h4-7,9,13H,1-3,8H2,(H,16,17). The van der Waals surface area contributed by atoms with Crippen molar-refractivity contribution < 1.29 is 0 Å². The van der Waals surface area contributed by atoms with Crippen LogP contribution in [0.15, 0.2) is 24.0 Å². The van der Waals surface area contributed by atoms with Crippen molar-refractivity contribution in [1.82, 2.24) is 20.3 Å². The summed E-state index contributed by atoms with van der Waals surface area (Å²) in [4.78, 5) is 13.1. The van der Waals surface area contributed by atoms with E-state index >= 15 is 0 Å². The molecule has 1 saturated heterocycles. The van der Waals surface area contributed by atoms with Gasteiger partial charge in [-0.15, -0.1) is 11.3 Å². The van der Waals surface area contributed by atoms with Gasteiger partial charge in [-0.1, -0.05) is 0 Å². The molecule has 1 fully saturated rings. The molecule has 3 rings (SSSR count). The number of nitrogens with one attached hydrogen (secondary N) is 2. The molecule has 0 bridgehead atoms. The molecule has 0 aliphatic carbocycles. The highest BCUT2D eigenvalue weighted by Gasteiger charge is 2.21. The summed E-state index contributed by atoms with van der Waals surface area (Å²) < 4.78 is 0. The van der Waals surface area contributed by atoms with E-state index in [2.05, 4.69) is 25.6 Å². The summed E-state index contributed by atoms with van der Waals surface area (Å²) in [5, 5.41) is 9.82. The van der Waals surface area contributed by atoms with Crippen molar-refractivity contribution in [3.05, 3.63) is 34.7 Å². The third-order valence-corrected chi connectivity index (χ3v) is 3.79. The minimum atomic E-state index is 0.331. The van der Waals surface area contributed by atoms with Crippen molar-refractivity contribution in [1.29, 1.82) is 0 Å². The first-order valence-electron chi connectivity index (χ1n) is 6.10. The zero-order chi connectivity index (χ0) is 12.2. The number of nitrogens with zero attached hydrogens (tertiary/aromatic N) is 3. The molecule has 3 heterocycles. The Labute approximate surface area is 110 Å². The van der Waals surface area contributed by atoms with Gasteiger partial charge in [-0.25, -0.2) is 9.97 Å². The molecular weight excluding hydrogens is 246 g/mol. The fourth-order valence-corrected chi connectivity index (χ4v) is 2.71. The Morgan fingerprint density at radius 3 is 3.00 bits per heavy atom. The lowest BCUT2D eigenvalue weighted by molar-refractivity contribution is 0.625. The Hall–Kier alpha value is -1.53. The number of anilines is 1. The first kappa shape index (κ1) is 11.6. The van der Waals surface area contributed by atoms with Crippen molar-refractivity contribution in [2.24, 2.45) is 0 Å². The topological polar surface area (TPSA) is 62.7 Å². The van der Waals surface area contributed by atoms with Crippen molar-refractivity contribution in [2.75, 3.05) is 11.9 Å². The number of hydrogen-bond donors (Lipinski definition) is 2. The molecule has 2 aromatic heterocycles. The number of thiazole rings is 1. The molecule has 1 aliphatic rings. The summed E-state index contributed by atoms with van der Waals surface area (Å²) in [5.41, 5.74) is 1.02. The van der Waals surface area contributed by atoms with E-state index in [9.17, 15) is 0 Å². The average molecular weight is 261 g/mol. The third kappa shape index (κ3) is 2.49. The van der Waals surface area contributed by atoms with Gasteiger partial charge in [0.1, 0.15) is 10.8 Å². The average Bonchev–Trinajstić information content (AvgIpc) is 3.10. The Morgan fingerprint density at radius 1 is 1.28 bits per heavy atom. The Bertz CT molecular complexity index is 493. The van der Waals surface area contributed by atoms with Crippen molar-refractivity contribution in [3.8, 4) is 0 Å². The van der Waals surface area contributed by atoms with Crippen LogP contribution < -0.4 is 10.6 Å². The molecule has 6 heteroatoms. The molecule has 0 radical (unpaired) electrons. The Kier molecular flexibility index (Phi) is 3.47. The Balaban J connectivity index is 1.74. The van der Waals surface area contributed by atoms with Gasteiger partial charge in [0.25, 0.3) is 0 Å². The third-order valence-electron chi connectivity index (χ3n) is 3.01. The van der Waals surface area contributed by atoms with Crippen LogP contribution in [0.2, 0.25) is 0 Å². The predicted molar refractivity (Wildman–Crippen MR) is 71.5 cm³/mol. The van der Waals surface area contributed by atoms with Gasteiger partial charge in [0.05, 0.1) is 18.3 Å². The lowest BCUT2D eigenvalue weighted by atomic mass is 10.1. The largest absolute Gasteiger partial charge is 0.362 e. The highest BCUT2D eigenvalue weighted by Crippen LogP contribution is 2.25. The van der Waals surface area contributed by atoms with Gasteiger partial charge in [0, 0.05) is 24.0 Å². The minimum absolute atomic E-state index is 0.331. The number of rotatable bonds is 4. The molecule has 0 saturated carbocycles. The van der Waals surface area contributed by atoms with Crippen LogP contribution in [0.25, 0.3) is 0 Å². The summed E-state index contributed by atoms with van der Waals surface area (Å²) in [6.45, 7) is 1.77. The van der Waals surface area contributed by atoms with Crippen molar-refractivity contribution in [3.63, 3.8) is 0 Å². The lowest BCUT2D eigenvalue weighted by Gasteiger charge is -2.14. The quantitative estimate of drug-likeness (QED) is 0.881. The number of aromatic nitrogens is 3. The first-order valence-corrected chi connectivity index (χ1v) is 6.98. The van der Waals surface area contributed by atoms with E-state index in [1.807, 2.05) is 11.6 Å². The summed E-state index contributed by atoms with van der Waals surface area (Å²) in [7, 11) is 0. The highest BCUT2D eigenvalue weighted by atomic mass is 32.1. The van der Waals surface area contributed by atoms with E-state index in [1.54, 1.807) is 23.7 Å². The van der Waals surface area contributed by atoms with E-state index in [0.717, 1.165) is 29.5 Å². The molecule has 5 nitrogen and oxygen atoms in total. The van der Waals surface area contributed by atoms with Gasteiger partial charge < -0.3 is 10.6 Å². The summed E-state index contributed by atoms with van der Waals surface area (Å²) in [6, 6.07) is 0.331. The van der Waals surface area contributed by atoms with Gasteiger partial charge in [-0.2, -0.15) is 0 Å². The van der Waals surface area contributed by atoms with Crippen LogP contribution in [0.4, 0.5) is 5.82 Å². The second-order valence-corrected chi connectivity index (χ2v) is 5.20. The normalized spacial score (nSPS) is 19.0. The highest BCUT2D eigenvalue weighted by molar-refractivity contribution is 7.09. The molecule has 0 spiro atoms. The predicted octanol–water partition coefficient (Wildman–Crippen LogP) is 1.97. The zero-order valence-electron chi connectivity index (χ0n) is 9.97. The molecule has 94 valence electrons. The SMILES string of the molecule is c1csc(CNc2nccnc2C2CCCN2)n1. The van der Waals surface area contributed by atoms with E-state index in [0.29, 0.717) is 12.6 Å². The van der Waals surface area contributed by atoms with E-state index < -0.39 is 0 Å². The van der Waals surface area contributed by atoms with Gasteiger partial charge in [0.15, 0.2) is 0 Å². The Morgan fingerprint density at radius 2 is 2.22 bits per heavy atom. The molecule has 0 amide bonds. The monoisotopic (exact) mass is 261 g/mol. The zero-order valence-corrected chi connectivity index (χ0v) is 10.8. The van der Waals surface area contributed by atoms with Gasteiger partial charge in [-0.3, -0.25) is 4.98 Å². The van der Waals surface area contributed by atoms with Gasteiger partial charge >= 0.3 is 0 Å². The van der Waals surface area contributed by atoms with Crippen LogP contribution in [-0.2, 0) is 6.54 Å². The van der Waals surface area contributed by atoms with E-state index in [4.69, 9.17) is 0 Å². The van der Waals surface area contributed by atoms with Crippen LogP contribution in [0.5, 0.6) is 0 Å². The van der Waals surface area contributed by atoms with Gasteiger partial charge in [0.2, 0.25) is 0 Å². The van der Waals surface area contributed by atoms with Crippen LogP contribution in [-0.4, -0.2) is 21.5 Å². The van der Waals surface area contributed by atoms with Gasteiger partial charge in [-0.05, 0) is 19.4 Å². The second-order valence-electron chi connectivity index (χ2n) is 4.22. The molecule has 1 atom stereocenters. The fraction of sp³-hybridized carbons (Fsp3) is 0.417. The second kappa shape index (κ2) is 5.41. The van der Waals surface area contributed by atoms with E-state index in [1.165, 1.54) is 6.42 Å². The maximum atomic E-state index is 4.46. The van der Waals surface area contributed by atoms with Crippen LogP contribution >= 0.6 is 11.3 Å². The van der Waals surface area contributed by atoms with E-state index in [-0.39, 0.29) is 0 Å². The smallest absolute Gasteiger partial charge is 0.149 e. The molecule has 1 unspecified atom stereocenters. The minimum Gasteiger partial charge on any atom is -0.362 e. The summed E-state index contributed by atoms with van der Waals surface area (Å²) in [6.07, 6.45) is 7.63. The number of hydrogen-bond acceptors (Lipinski definition) is 6. The molecule has 2 N–H and O–H groups in total. The molecular formula is C12H15N5S. The molecule has 2 aromatic rings. The van der Waals surface area contributed by atoms with Crippen molar-refractivity contribution >= 4 is 17.2 Å². The summed E-state index contributed by atoms with van der Waals surface area (Å²) in [5.74, 6) is 0.868. The maximum Gasteiger partial charge on any atom is 0.149 e. The molecule has 1 aliphatic heterocycles. The fourth-order valence-electron chi connectivity index (χ4n) is 2.16. The lowest BCUT2D eigenvalue weighted by Crippen LogP contribution is -2.17. The molecule has 18 heavy (non-hydrogen) atoms. The van der Waals surface area contributed by atoms with Crippen LogP contribution in [0.3, 0.4) is 0 Å². The van der Waals surface area contributed by atoms with Crippen LogP contribution in [0, 0.1) is 0 Å². The first-order chi connectivity index (χ1) is 8.93. The maximum absolute atomic E-state index is 4.46. The van der Waals surface area contributed by atoms with Crippen LogP contribution in [0.1, 0.15) is 29.6 Å². The molecule has 0 aromatic carbocycles. The summed E-state index contributed by atoms with van der Waals surface area (Å²) >= 11 is 1.64.